The summed E-state index contributed by atoms with van der Waals surface area (Å²) in [6.45, 7) is 4.13. The molecule has 1 aliphatic rings. The third-order valence-corrected chi connectivity index (χ3v) is 7.43. The molecule has 0 unspecified atom stereocenters. The fraction of sp³-hybridized carbons (Fsp3) is 0.222. The first kappa shape index (κ1) is 25.7. The Kier molecular flexibility index (Phi) is 6.80. The zero-order valence-corrected chi connectivity index (χ0v) is 23.0. The molecule has 5 rings (SSSR count). The van der Waals surface area contributed by atoms with Gasteiger partial charge in [0.25, 0.3) is 0 Å². The number of aromatic nitrogens is 3. The number of nitrogens with one attached hydrogen (secondary N) is 2. The average molecular weight is 549 g/mol. The molecule has 1 saturated heterocycles. The number of thiocarbonyl (C=S) groups is 1. The Hall–Kier alpha value is -3.96. The van der Waals surface area contributed by atoms with Crippen molar-refractivity contribution in [3.05, 3.63) is 95.7 Å². The van der Waals surface area contributed by atoms with Crippen molar-refractivity contribution in [3.63, 3.8) is 0 Å². The maximum absolute atomic E-state index is 11.9. The van der Waals surface area contributed by atoms with E-state index >= 15 is 0 Å². The van der Waals surface area contributed by atoms with Gasteiger partial charge in [-0.1, -0.05) is 12.1 Å². The van der Waals surface area contributed by atoms with Gasteiger partial charge < -0.3 is 19.5 Å². The van der Waals surface area contributed by atoms with Gasteiger partial charge in [-0.3, -0.25) is 9.71 Å². The highest BCUT2D eigenvalue weighted by molar-refractivity contribution is 7.92. The molecule has 3 aromatic heterocycles. The molecule has 0 bridgehead atoms. The van der Waals surface area contributed by atoms with E-state index in [0.717, 1.165) is 40.4 Å². The van der Waals surface area contributed by atoms with Gasteiger partial charge in [0, 0.05) is 35.5 Å². The molecule has 4 aromatic rings. The molecular weight excluding hydrogens is 520 g/mol. The van der Waals surface area contributed by atoms with Gasteiger partial charge in [-0.2, -0.15) is 0 Å². The first-order chi connectivity index (χ1) is 18.2. The van der Waals surface area contributed by atoms with Gasteiger partial charge in [0.1, 0.15) is 11.6 Å². The third-order valence-electron chi connectivity index (χ3n) is 6.52. The fourth-order valence-electron chi connectivity index (χ4n) is 4.99. The van der Waals surface area contributed by atoms with Gasteiger partial charge in [-0.25, -0.2) is 13.4 Å². The van der Waals surface area contributed by atoms with Gasteiger partial charge in [0.2, 0.25) is 10.0 Å². The molecule has 0 aliphatic carbocycles. The van der Waals surface area contributed by atoms with Gasteiger partial charge in [-0.05, 0) is 74.1 Å². The van der Waals surface area contributed by atoms with Crippen LogP contribution in [0.15, 0.2) is 73.1 Å². The molecule has 1 aliphatic heterocycles. The van der Waals surface area contributed by atoms with E-state index in [-0.39, 0.29) is 12.1 Å². The van der Waals surface area contributed by atoms with E-state index in [1.165, 1.54) is 7.11 Å². The largest absolute Gasteiger partial charge is 0.494 e. The predicted octanol–water partition coefficient (Wildman–Crippen LogP) is 4.44. The third kappa shape index (κ3) is 4.82. The summed E-state index contributed by atoms with van der Waals surface area (Å²) in [6, 6.07) is 18.6. The molecule has 0 spiro atoms. The highest BCUT2D eigenvalue weighted by Gasteiger charge is 2.42. The zero-order valence-electron chi connectivity index (χ0n) is 21.4. The highest BCUT2D eigenvalue weighted by Crippen LogP contribution is 2.45. The number of hydrogen-bond donors (Lipinski definition) is 2. The van der Waals surface area contributed by atoms with Crippen molar-refractivity contribution in [2.45, 2.75) is 25.9 Å². The van der Waals surface area contributed by atoms with Crippen molar-refractivity contribution in [2.24, 2.45) is 0 Å². The second-order valence-corrected chi connectivity index (χ2v) is 11.2. The van der Waals surface area contributed by atoms with E-state index in [0.29, 0.717) is 16.5 Å². The molecule has 0 saturated carbocycles. The lowest BCUT2D eigenvalue weighted by Crippen LogP contribution is -2.29. The van der Waals surface area contributed by atoms with Crippen molar-refractivity contribution >= 4 is 38.7 Å². The van der Waals surface area contributed by atoms with Crippen molar-refractivity contribution < 1.29 is 13.2 Å². The Morgan fingerprint density at radius 1 is 1.03 bits per heavy atom. The number of sulfonamides is 1. The Bertz CT molecular complexity index is 1590. The van der Waals surface area contributed by atoms with E-state index in [1.807, 2.05) is 47.4 Å². The summed E-state index contributed by atoms with van der Waals surface area (Å²) in [6.07, 6.45) is 4.65. The number of nitrogens with zero attached hydrogens (tertiary/aromatic N) is 4. The molecule has 2 N–H and O–H groups in total. The van der Waals surface area contributed by atoms with Crippen LogP contribution in [0.2, 0.25) is 0 Å². The minimum Gasteiger partial charge on any atom is -0.494 e. The van der Waals surface area contributed by atoms with Crippen LogP contribution in [0, 0.1) is 13.8 Å². The summed E-state index contributed by atoms with van der Waals surface area (Å²) in [7, 11) is -1.98. The molecule has 9 nitrogen and oxygen atoms in total. The quantitative estimate of drug-likeness (QED) is 0.327. The highest BCUT2D eigenvalue weighted by atomic mass is 32.2. The number of rotatable bonds is 7. The Morgan fingerprint density at radius 2 is 1.76 bits per heavy atom. The predicted molar refractivity (Wildman–Crippen MR) is 152 cm³/mol. The van der Waals surface area contributed by atoms with Gasteiger partial charge in [0.15, 0.2) is 5.11 Å². The monoisotopic (exact) mass is 548 g/mol. The number of anilines is 2. The number of pyridine rings is 2. The van der Waals surface area contributed by atoms with Crippen molar-refractivity contribution in [3.8, 4) is 11.6 Å². The first-order valence-electron chi connectivity index (χ1n) is 11.9. The number of methoxy groups -OCH3 is 1. The van der Waals surface area contributed by atoms with Crippen LogP contribution in [0.4, 0.5) is 11.4 Å². The van der Waals surface area contributed by atoms with E-state index in [2.05, 4.69) is 44.5 Å². The molecule has 2 atom stereocenters. The van der Waals surface area contributed by atoms with Crippen molar-refractivity contribution in [1.82, 2.24) is 19.9 Å². The Labute approximate surface area is 227 Å². The standard InChI is InChI=1S/C27H28N6O3S2/c1-17-15-20(18(2)32(17)24-10-6-8-14-29-24)26-25(22-9-5-7-13-28-22)30-27(37)33(26)19-11-12-21(23(16-19)36-3)31-38(4,34)35/h5-16,25-26,31H,1-4H3,(H,30,37)/t25-,26+/m1/s1. The molecule has 38 heavy (non-hydrogen) atoms. The number of ether oxygens (including phenoxy) is 1. The summed E-state index contributed by atoms with van der Waals surface area (Å²) >= 11 is 5.87. The summed E-state index contributed by atoms with van der Waals surface area (Å²) in [4.78, 5) is 11.2. The lowest BCUT2D eigenvalue weighted by atomic mass is 9.96. The van der Waals surface area contributed by atoms with Crippen LogP contribution in [0.3, 0.4) is 0 Å². The lowest BCUT2D eigenvalue weighted by Gasteiger charge is -2.28. The molecule has 4 heterocycles. The minimum atomic E-state index is -3.48. The smallest absolute Gasteiger partial charge is 0.229 e. The Morgan fingerprint density at radius 3 is 2.39 bits per heavy atom. The van der Waals surface area contributed by atoms with Crippen LogP contribution in [0.1, 0.15) is 34.7 Å². The summed E-state index contributed by atoms with van der Waals surface area (Å²) in [5, 5.41) is 4.00. The summed E-state index contributed by atoms with van der Waals surface area (Å²) < 4.78 is 33.9. The minimum absolute atomic E-state index is 0.235. The maximum Gasteiger partial charge on any atom is 0.229 e. The van der Waals surface area contributed by atoms with E-state index in [4.69, 9.17) is 17.0 Å². The average Bonchev–Trinajstić information content (AvgIpc) is 3.39. The maximum atomic E-state index is 11.9. The molecule has 0 amide bonds. The van der Waals surface area contributed by atoms with Crippen LogP contribution in [-0.4, -0.2) is 41.4 Å². The van der Waals surface area contributed by atoms with Crippen LogP contribution in [0.25, 0.3) is 5.82 Å². The van der Waals surface area contributed by atoms with Crippen LogP contribution < -0.4 is 19.7 Å². The fourth-order valence-corrected chi connectivity index (χ4v) is 5.90. The van der Waals surface area contributed by atoms with Gasteiger partial charge in [-0.15, -0.1) is 0 Å². The van der Waals surface area contributed by atoms with Gasteiger partial charge >= 0.3 is 0 Å². The van der Waals surface area contributed by atoms with Crippen molar-refractivity contribution in [1.29, 1.82) is 0 Å². The number of benzene rings is 1. The molecule has 1 fully saturated rings. The van der Waals surface area contributed by atoms with Crippen LogP contribution in [0.5, 0.6) is 5.75 Å². The van der Waals surface area contributed by atoms with E-state index < -0.39 is 10.0 Å². The topological polar surface area (TPSA) is 101 Å². The Balaban J connectivity index is 1.66. The van der Waals surface area contributed by atoms with Crippen LogP contribution >= 0.6 is 12.2 Å². The second-order valence-electron chi connectivity index (χ2n) is 9.11. The molecular formula is C27H28N6O3S2. The van der Waals surface area contributed by atoms with Crippen molar-refractivity contribution in [2.75, 3.05) is 23.0 Å². The number of aryl methyl sites for hydroxylation is 1. The normalized spacial score (nSPS) is 17.4. The van der Waals surface area contributed by atoms with Gasteiger partial charge in [0.05, 0.1) is 36.8 Å². The SMILES string of the molecule is COc1cc(N2C(=S)N[C@H](c3ccccn3)[C@@H]2c2cc(C)n(-c3ccccn3)c2C)ccc1NS(C)(=O)=O. The number of hydrogen-bond acceptors (Lipinski definition) is 6. The van der Waals surface area contributed by atoms with E-state index in [9.17, 15) is 8.42 Å². The molecule has 1 aromatic carbocycles. The summed E-state index contributed by atoms with van der Waals surface area (Å²) in [5.41, 5.74) is 5.10. The van der Waals surface area contributed by atoms with Crippen LogP contribution in [-0.2, 0) is 10.0 Å². The van der Waals surface area contributed by atoms with E-state index in [1.54, 1.807) is 24.5 Å². The summed E-state index contributed by atoms with van der Waals surface area (Å²) in [5.74, 6) is 1.22. The first-order valence-corrected chi connectivity index (χ1v) is 14.2. The second kappa shape index (κ2) is 10.1. The molecule has 0 radical (unpaired) electrons. The lowest BCUT2D eigenvalue weighted by molar-refractivity contribution is 0.417. The zero-order chi connectivity index (χ0) is 27.0. The molecule has 11 heteroatoms. The molecule has 196 valence electrons.